The average Bonchev–Trinajstić information content (AvgIpc) is 2.61. The number of nitrogens with zero attached hydrogens (tertiary/aromatic N) is 1. The number of esters is 2. The fourth-order valence-corrected chi connectivity index (χ4v) is 1.24. The second-order valence-electron chi connectivity index (χ2n) is 2.93. The summed E-state index contributed by atoms with van der Waals surface area (Å²) >= 11 is 0. The highest BCUT2D eigenvalue weighted by Gasteiger charge is 2.23. The van der Waals surface area contributed by atoms with Crippen LogP contribution in [0, 0.1) is 0 Å². The van der Waals surface area contributed by atoms with Crippen molar-refractivity contribution >= 4 is 24.3 Å². The summed E-state index contributed by atoms with van der Waals surface area (Å²) in [6, 6.07) is 1.42. The molecular weight excluding hydrogens is 248 g/mol. The highest BCUT2D eigenvalue weighted by Crippen LogP contribution is 2.12. The number of hydrogen-bond acceptors (Lipinski definition) is 5. The molecule has 0 saturated carbocycles. The molecule has 6 nitrogen and oxygen atoms in total. The molecule has 1 aromatic rings. The molecule has 0 atom stereocenters. The molecule has 1 heterocycles. The number of carbonyl (C=O) groups excluding carboxylic acids is 2. The lowest BCUT2D eigenvalue weighted by Gasteiger charge is -2.06. The average molecular weight is 263 g/mol. The summed E-state index contributed by atoms with van der Waals surface area (Å²) in [6.07, 6.45) is 1.40. The summed E-state index contributed by atoms with van der Waals surface area (Å²) in [4.78, 5) is 23.0. The van der Waals surface area contributed by atoms with Gasteiger partial charge in [0.25, 0.3) is 0 Å². The molecule has 0 aliphatic carbocycles. The Balaban J connectivity index is 0.00000256. The van der Waals surface area contributed by atoms with Gasteiger partial charge in [-0.15, -0.1) is 12.4 Å². The van der Waals surface area contributed by atoms with Crippen LogP contribution in [-0.4, -0.2) is 29.8 Å². The van der Waals surface area contributed by atoms with Crippen LogP contribution < -0.4 is 5.84 Å². The van der Waals surface area contributed by atoms with E-state index in [1.165, 1.54) is 12.3 Å². The van der Waals surface area contributed by atoms with Gasteiger partial charge >= 0.3 is 11.9 Å². The Kier molecular flexibility index (Phi) is 6.12. The van der Waals surface area contributed by atoms with E-state index in [1.54, 1.807) is 13.8 Å². The van der Waals surface area contributed by atoms with Crippen LogP contribution >= 0.6 is 12.4 Å². The summed E-state index contributed by atoms with van der Waals surface area (Å²) in [6.45, 7) is 3.80. The van der Waals surface area contributed by atoms with Crippen molar-refractivity contribution in [2.24, 2.45) is 0 Å². The van der Waals surface area contributed by atoms with Crippen LogP contribution in [0.4, 0.5) is 0 Å². The van der Waals surface area contributed by atoms with Gasteiger partial charge < -0.3 is 15.3 Å². The van der Waals surface area contributed by atoms with Crippen LogP contribution in [0.15, 0.2) is 12.3 Å². The number of nitrogen functional groups attached to an aromatic ring is 1. The molecule has 0 unspecified atom stereocenters. The third kappa shape index (κ3) is 3.39. The molecule has 0 aliphatic rings. The Morgan fingerprint density at radius 1 is 1.24 bits per heavy atom. The quantitative estimate of drug-likeness (QED) is 0.646. The topological polar surface area (TPSA) is 83.5 Å². The molecule has 0 amide bonds. The van der Waals surface area contributed by atoms with E-state index in [-0.39, 0.29) is 36.9 Å². The van der Waals surface area contributed by atoms with Gasteiger partial charge in [-0.1, -0.05) is 0 Å². The molecular formula is C10H15ClN2O4. The maximum absolute atomic E-state index is 11.5. The predicted octanol–water partition coefficient (Wildman–Crippen LogP) is 0.977. The third-order valence-corrected chi connectivity index (χ3v) is 1.88. The number of carbonyl (C=O) groups is 2. The van der Waals surface area contributed by atoms with Crippen molar-refractivity contribution in [3.8, 4) is 0 Å². The summed E-state index contributed by atoms with van der Waals surface area (Å²) in [5.41, 5.74) is 0.114. The Morgan fingerprint density at radius 3 is 2.29 bits per heavy atom. The molecule has 0 fully saturated rings. The molecule has 1 aromatic heterocycles. The standard InChI is InChI=1S/C10H14N2O4.ClH/c1-3-15-9(13)7-5-6-12(11)8(7)10(14)16-4-2;/h5-6H,3-4,11H2,1-2H3;1H. The summed E-state index contributed by atoms with van der Waals surface area (Å²) < 4.78 is 10.6. The largest absolute Gasteiger partial charge is 0.462 e. The van der Waals surface area contributed by atoms with Gasteiger partial charge in [0.1, 0.15) is 0 Å². The van der Waals surface area contributed by atoms with E-state index in [4.69, 9.17) is 15.3 Å². The van der Waals surface area contributed by atoms with Crippen LogP contribution in [0.5, 0.6) is 0 Å². The first kappa shape index (κ1) is 15.3. The monoisotopic (exact) mass is 262 g/mol. The number of nitrogens with two attached hydrogens (primary N) is 1. The Morgan fingerprint density at radius 2 is 1.76 bits per heavy atom. The van der Waals surface area contributed by atoms with E-state index in [0.29, 0.717) is 0 Å². The minimum Gasteiger partial charge on any atom is -0.462 e. The zero-order valence-corrected chi connectivity index (χ0v) is 10.5. The number of rotatable bonds is 4. The molecule has 0 bridgehead atoms. The second kappa shape index (κ2) is 6.80. The third-order valence-electron chi connectivity index (χ3n) is 1.88. The number of halogens is 1. The van der Waals surface area contributed by atoms with Crippen molar-refractivity contribution in [3.63, 3.8) is 0 Å². The number of ether oxygens (including phenoxy) is 2. The van der Waals surface area contributed by atoms with E-state index in [2.05, 4.69) is 0 Å². The molecule has 0 aromatic carbocycles. The highest BCUT2D eigenvalue weighted by molar-refractivity contribution is 6.02. The zero-order chi connectivity index (χ0) is 12.1. The van der Waals surface area contributed by atoms with Crippen molar-refractivity contribution in [1.82, 2.24) is 4.68 Å². The van der Waals surface area contributed by atoms with Gasteiger partial charge in [-0.05, 0) is 19.9 Å². The molecule has 0 aliphatic heterocycles. The van der Waals surface area contributed by atoms with E-state index in [1.807, 2.05) is 0 Å². The van der Waals surface area contributed by atoms with Crippen molar-refractivity contribution in [2.45, 2.75) is 13.8 Å². The Hall–Kier alpha value is -1.69. The first-order chi connectivity index (χ1) is 7.61. The van der Waals surface area contributed by atoms with Crippen LogP contribution in [-0.2, 0) is 9.47 Å². The molecule has 0 saturated heterocycles. The number of aromatic nitrogens is 1. The van der Waals surface area contributed by atoms with Gasteiger partial charge in [0.2, 0.25) is 0 Å². The normalized spacial score (nSPS) is 9.29. The molecule has 0 spiro atoms. The molecule has 2 N–H and O–H groups in total. The van der Waals surface area contributed by atoms with Crippen LogP contribution in [0.25, 0.3) is 0 Å². The highest BCUT2D eigenvalue weighted by atomic mass is 35.5. The summed E-state index contributed by atoms with van der Waals surface area (Å²) in [7, 11) is 0. The van der Waals surface area contributed by atoms with Crippen molar-refractivity contribution in [2.75, 3.05) is 19.1 Å². The van der Waals surface area contributed by atoms with Gasteiger partial charge in [-0.2, -0.15) is 0 Å². The molecule has 0 radical (unpaired) electrons. The smallest absolute Gasteiger partial charge is 0.357 e. The predicted molar refractivity (Wildman–Crippen MR) is 63.7 cm³/mol. The first-order valence-corrected chi connectivity index (χ1v) is 4.92. The molecule has 7 heteroatoms. The first-order valence-electron chi connectivity index (χ1n) is 4.92. The van der Waals surface area contributed by atoms with E-state index < -0.39 is 11.9 Å². The molecule has 17 heavy (non-hydrogen) atoms. The van der Waals surface area contributed by atoms with E-state index >= 15 is 0 Å². The minimum absolute atomic E-state index is 0. The fraction of sp³-hybridized carbons (Fsp3) is 0.400. The van der Waals surface area contributed by atoms with Gasteiger partial charge in [-0.25, -0.2) is 9.59 Å². The Labute approximate surface area is 105 Å². The lowest BCUT2D eigenvalue weighted by atomic mass is 10.2. The molecule has 96 valence electrons. The second-order valence-corrected chi connectivity index (χ2v) is 2.93. The summed E-state index contributed by atoms with van der Waals surface area (Å²) in [5, 5.41) is 0. The van der Waals surface area contributed by atoms with Crippen molar-refractivity contribution in [1.29, 1.82) is 0 Å². The zero-order valence-electron chi connectivity index (χ0n) is 9.63. The van der Waals surface area contributed by atoms with Gasteiger partial charge in [-0.3, -0.25) is 4.68 Å². The van der Waals surface area contributed by atoms with Gasteiger partial charge in [0.15, 0.2) is 5.69 Å². The molecule has 1 rings (SSSR count). The minimum atomic E-state index is -0.641. The van der Waals surface area contributed by atoms with Crippen molar-refractivity contribution in [3.05, 3.63) is 23.5 Å². The van der Waals surface area contributed by atoms with Crippen LogP contribution in [0.3, 0.4) is 0 Å². The van der Waals surface area contributed by atoms with Gasteiger partial charge in [0, 0.05) is 6.20 Å². The van der Waals surface area contributed by atoms with Crippen molar-refractivity contribution < 1.29 is 19.1 Å². The van der Waals surface area contributed by atoms with Crippen LogP contribution in [0.1, 0.15) is 34.7 Å². The summed E-state index contributed by atoms with van der Waals surface area (Å²) in [5.74, 6) is 4.29. The lowest BCUT2D eigenvalue weighted by molar-refractivity contribution is 0.0472. The SMILES string of the molecule is CCOC(=O)c1ccn(N)c1C(=O)OCC.Cl. The Bertz CT molecular complexity index is 403. The van der Waals surface area contributed by atoms with Gasteiger partial charge in [0.05, 0.1) is 18.8 Å². The van der Waals surface area contributed by atoms with E-state index in [0.717, 1.165) is 4.68 Å². The maximum Gasteiger partial charge on any atom is 0.357 e. The lowest BCUT2D eigenvalue weighted by Crippen LogP contribution is -2.20. The van der Waals surface area contributed by atoms with E-state index in [9.17, 15) is 9.59 Å². The maximum atomic E-state index is 11.5. The fourth-order valence-electron chi connectivity index (χ4n) is 1.24. The number of hydrogen-bond donors (Lipinski definition) is 1. The van der Waals surface area contributed by atoms with Crippen LogP contribution in [0.2, 0.25) is 0 Å².